The van der Waals surface area contributed by atoms with E-state index in [0.29, 0.717) is 0 Å². The third kappa shape index (κ3) is 2.29. The van der Waals surface area contributed by atoms with Crippen molar-refractivity contribution >= 4 is 37.9 Å². The summed E-state index contributed by atoms with van der Waals surface area (Å²) in [4.78, 5) is 0. The Bertz CT molecular complexity index is 372. The summed E-state index contributed by atoms with van der Waals surface area (Å²) >= 11 is 6.85. The minimum absolute atomic E-state index is 0.806. The summed E-state index contributed by atoms with van der Waals surface area (Å²) in [6, 6.07) is 6.57. The molecule has 1 aromatic rings. The van der Waals surface area contributed by atoms with Crippen LogP contribution < -0.4 is 0 Å². The third-order valence-electron chi connectivity index (χ3n) is 2.63. The van der Waals surface area contributed by atoms with Crippen molar-refractivity contribution in [1.29, 1.82) is 0 Å². The van der Waals surface area contributed by atoms with Crippen molar-refractivity contribution in [3.05, 3.63) is 38.3 Å². The van der Waals surface area contributed by atoms with Gasteiger partial charge in [0.2, 0.25) is 0 Å². The van der Waals surface area contributed by atoms with Crippen molar-refractivity contribution < 1.29 is 0 Å². The van der Waals surface area contributed by atoms with Gasteiger partial charge in [0, 0.05) is 0 Å². The molecule has 0 amide bonds. The van der Waals surface area contributed by atoms with Crippen molar-refractivity contribution in [2.75, 3.05) is 0 Å². The molecule has 2 rings (SSSR count). The van der Waals surface area contributed by atoms with E-state index in [4.69, 9.17) is 0 Å². The lowest BCUT2D eigenvalue weighted by atomic mass is 9.99. The number of rotatable bonds is 2. The summed E-state index contributed by atoms with van der Waals surface area (Å²) in [5.74, 6) is 0.806. The molecule has 0 N–H and O–H groups in total. The quantitative estimate of drug-likeness (QED) is 0.723. The van der Waals surface area contributed by atoms with Crippen LogP contribution in [0.15, 0.2) is 21.6 Å². The van der Waals surface area contributed by atoms with Crippen LogP contribution in [-0.4, -0.2) is 0 Å². The van der Waals surface area contributed by atoms with Gasteiger partial charge in [-0.1, -0.05) is 18.2 Å². The van der Waals surface area contributed by atoms with Crippen LogP contribution in [0.2, 0.25) is 0 Å². The molecule has 74 valence electrons. The molecule has 0 heterocycles. The van der Waals surface area contributed by atoms with Crippen molar-refractivity contribution in [3.63, 3.8) is 0 Å². The molecule has 1 fully saturated rings. The number of hydrogen-bond donors (Lipinski definition) is 0. The maximum absolute atomic E-state index is 3.43. The zero-order valence-corrected chi connectivity index (χ0v) is 11.2. The molecular weight excluding hydrogens is 304 g/mol. The average Bonchev–Trinajstić information content (AvgIpc) is 2.90. The van der Waals surface area contributed by atoms with Gasteiger partial charge < -0.3 is 0 Å². The highest BCUT2D eigenvalue weighted by Gasteiger charge is 2.25. The molecule has 1 saturated carbocycles. The van der Waals surface area contributed by atoms with Crippen molar-refractivity contribution in [1.82, 2.24) is 0 Å². The minimum atomic E-state index is 0.806. The Labute approximate surface area is 102 Å². The standard InChI is InChI=1S/C12H12Br2/c1-8-3-2-4-10(9-5-6-9)11(8)7-12(13)14/h2-4,7,9H,5-6H2,1H3. The molecule has 1 aromatic carbocycles. The molecule has 0 saturated heterocycles. The molecule has 1 aliphatic rings. The first-order chi connectivity index (χ1) is 6.68. The van der Waals surface area contributed by atoms with Crippen LogP contribution in [-0.2, 0) is 0 Å². The topological polar surface area (TPSA) is 0 Å². The molecule has 0 unspecified atom stereocenters. The molecule has 0 aromatic heterocycles. The van der Waals surface area contributed by atoms with Crippen LogP contribution in [0.25, 0.3) is 6.08 Å². The largest absolute Gasteiger partial charge is 0.0617 e. The fourth-order valence-corrected chi connectivity index (χ4v) is 2.22. The first-order valence-corrected chi connectivity index (χ1v) is 6.39. The molecule has 2 heteroatoms. The van der Waals surface area contributed by atoms with E-state index in [2.05, 4.69) is 63.1 Å². The first-order valence-electron chi connectivity index (χ1n) is 4.80. The fourth-order valence-electron chi connectivity index (χ4n) is 1.76. The van der Waals surface area contributed by atoms with E-state index < -0.39 is 0 Å². The van der Waals surface area contributed by atoms with Gasteiger partial charge in [-0.2, -0.15) is 0 Å². The van der Waals surface area contributed by atoms with E-state index in [1.54, 1.807) is 0 Å². The lowest BCUT2D eigenvalue weighted by Crippen LogP contribution is -1.89. The summed E-state index contributed by atoms with van der Waals surface area (Å²) in [7, 11) is 0. The number of halogens is 2. The molecule has 0 nitrogen and oxygen atoms in total. The number of benzene rings is 1. The maximum Gasteiger partial charge on any atom is 0.0610 e. The van der Waals surface area contributed by atoms with Gasteiger partial charge in [-0.15, -0.1) is 0 Å². The Kier molecular flexibility index (Phi) is 3.13. The summed E-state index contributed by atoms with van der Waals surface area (Å²) in [6.45, 7) is 2.17. The Morgan fingerprint density at radius 3 is 2.64 bits per heavy atom. The highest BCUT2D eigenvalue weighted by Crippen LogP contribution is 2.43. The summed E-state index contributed by atoms with van der Waals surface area (Å²) in [5, 5.41) is 0. The first kappa shape index (κ1) is 10.4. The highest BCUT2D eigenvalue weighted by atomic mass is 79.9. The molecule has 0 spiro atoms. The van der Waals surface area contributed by atoms with E-state index in [0.717, 1.165) is 9.31 Å². The van der Waals surface area contributed by atoms with Gasteiger partial charge >= 0.3 is 0 Å². The van der Waals surface area contributed by atoms with Crippen molar-refractivity contribution in [2.24, 2.45) is 0 Å². The predicted octanol–water partition coefficient (Wildman–Crippen LogP) is 4.96. The number of hydrogen-bond acceptors (Lipinski definition) is 0. The molecule has 0 atom stereocenters. The molecule has 0 aliphatic heterocycles. The van der Waals surface area contributed by atoms with Crippen LogP contribution in [0.1, 0.15) is 35.4 Å². The lowest BCUT2D eigenvalue weighted by molar-refractivity contribution is 1.11. The summed E-state index contributed by atoms with van der Waals surface area (Å²) in [6.07, 6.45) is 4.86. The average molecular weight is 316 g/mol. The fraction of sp³-hybridized carbons (Fsp3) is 0.333. The molecule has 14 heavy (non-hydrogen) atoms. The summed E-state index contributed by atoms with van der Waals surface area (Å²) < 4.78 is 1.02. The highest BCUT2D eigenvalue weighted by molar-refractivity contribution is 9.28. The molecular formula is C12H12Br2. The van der Waals surface area contributed by atoms with E-state index in [1.165, 1.54) is 29.5 Å². The van der Waals surface area contributed by atoms with Crippen LogP contribution in [0.5, 0.6) is 0 Å². The Morgan fingerprint density at radius 1 is 1.36 bits per heavy atom. The lowest BCUT2D eigenvalue weighted by Gasteiger charge is -2.07. The van der Waals surface area contributed by atoms with E-state index in [-0.39, 0.29) is 0 Å². The second-order valence-electron chi connectivity index (χ2n) is 3.79. The smallest absolute Gasteiger partial charge is 0.0610 e. The normalized spacial score (nSPS) is 15.4. The van der Waals surface area contributed by atoms with Gasteiger partial charge in [0.25, 0.3) is 0 Å². The van der Waals surface area contributed by atoms with Gasteiger partial charge in [0.15, 0.2) is 0 Å². The van der Waals surface area contributed by atoms with E-state index in [1.807, 2.05) is 0 Å². The van der Waals surface area contributed by atoms with Crippen molar-refractivity contribution in [3.8, 4) is 0 Å². The van der Waals surface area contributed by atoms with Crippen LogP contribution >= 0.6 is 31.9 Å². The monoisotopic (exact) mass is 314 g/mol. The molecule has 1 aliphatic carbocycles. The minimum Gasteiger partial charge on any atom is -0.0617 e. The second kappa shape index (κ2) is 4.19. The van der Waals surface area contributed by atoms with Crippen LogP contribution in [0.3, 0.4) is 0 Å². The van der Waals surface area contributed by atoms with E-state index >= 15 is 0 Å². The zero-order chi connectivity index (χ0) is 10.1. The predicted molar refractivity (Wildman–Crippen MR) is 69.0 cm³/mol. The third-order valence-corrected chi connectivity index (χ3v) is 3.09. The van der Waals surface area contributed by atoms with Gasteiger partial charge in [-0.25, -0.2) is 0 Å². The Hall–Kier alpha value is -0.0800. The van der Waals surface area contributed by atoms with Gasteiger partial charge in [0.1, 0.15) is 0 Å². The molecule has 0 bridgehead atoms. The van der Waals surface area contributed by atoms with Crippen molar-refractivity contribution in [2.45, 2.75) is 25.7 Å². The zero-order valence-electron chi connectivity index (χ0n) is 8.06. The van der Waals surface area contributed by atoms with E-state index in [9.17, 15) is 0 Å². The number of aryl methyl sites for hydroxylation is 1. The van der Waals surface area contributed by atoms with Gasteiger partial charge in [0.05, 0.1) is 3.39 Å². The SMILES string of the molecule is Cc1cccc(C2CC2)c1C=C(Br)Br. The Morgan fingerprint density at radius 2 is 2.07 bits per heavy atom. The van der Waals surface area contributed by atoms with Gasteiger partial charge in [-0.3, -0.25) is 0 Å². The summed E-state index contributed by atoms with van der Waals surface area (Å²) in [5.41, 5.74) is 4.23. The van der Waals surface area contributed by atoms with Gasteiger partial charge in [-0.05, 0) is 80.3 Å². The second-order valence-corrected chi connectivity index (χ2v) is 6.56. The molecule has 0 radical (unpaired) electrons. The Balaban J connectivity index is 2.48. The maximum atomic E-state index is 3.43. The van der Waals surface area contributed by atoms with Crippen LogP contribution in [0.4, 0.5) is 0 Å². The van der Waals surface area contributed by atoms with Crippen LogP contribution in [0, 0.1) is 6.92 Å².